The summed E-state index contributed by atoms with van der Waals surface area (Å²) in [7, 11) is 0. The van der Waals surface area contributed by atoms with Crippen molar-refractivity contribution in [2.45, 2.75) is 26.8 Å². The highest BCUT2D eigenvalue weighted by molar-refractivity contribution is 6.35. The molecule has 8 heteroatoms. The normalized spacial score (nSPS) is 10.6. The molecule has 0 aliphatic rings. The van der Waals surface area contributed by atoms with E-state index in [1.165, 1.54) is 6.21 Å². The maximum Gasteiger partial charge on any atom is 0.329 e. The van der Waals surface area contributed by atoms with Gasteiger partial charge in [-0.15, -0.1) is 0 Å². The highest BCUT2D eigenvalue weighted by atomic mass is 16.5. The second kappa shape index (κ2) is 10.6. The Bertz CT molecular complexity index is 892. The van der Waals surface area contributed by atoms with Crippen LogP contribution in [0.4, 0.5) is 5.69 Å². The molecule has 3 N–H and O–H groups in total. The van der Waals surface area contributed by atoms with Crippen LogP contribution in [0.25, 0.3) is 0 Å². The average Bonchev–Trinajstić information content (AvgIpc) is 2.66. The van der Waals surface area contributed by atoms with Gasteiger partial charge in [0.05, 0.1) is 6.21 Å². The maximum atomic E-state index is 12.0. The van der Waals surface area contributed by atoms with Crippen LogP contribution in [-0.4, -0.2) is 36.6 Å². The van der Waals surface area contributed by atoms with Crippen molar-refractivity contribution in [2.75, 3.05) is 11.9 Å². The van der Waals surface area contributed by atoms with Gasteiger partial charge in [-0.1, -0.05) is 12.1 Å². The molecule has 0 fully saturated rings. The lowest BCUT2D eigenvalue weighted by atomic mass is 10.2. The predicted octanol–water partition coefficient (Wildman–Crippen LogP) is 1.99. The summed E-state index contributed by atoms with van der Waals surface area (Å²) in [5, 5.41) is 8.97. The summed E-state index contributed by atoms with van der Waals surface area (Å²) in [5.74, 6) is -1.33. The van der Waals surface area contributed by atoms with Gasteiger partial charge >= 0.3 is 11.8 Å². The van der Waals surface area contributed by atoms with Gasteiger partial charge in [-0.25, -0.2) is 5.43 Å². The number of rotatable bonds is 7. The molecule has 0 spiro atoms. The summed E-state index contributed by atoms with van der Waals surface area (Å²) >= 11 is 0. The first kappa shape index (κ1) is 21.6. The fourth-order valence-corrected chi connectivity index (χ4v) is 2.26. The second-order valence-electron chi connectivity index (χ2n) is 6.60. The molecule has 3 amide bonds. The molecule has 2 aromatic rings. The van der Waals surface area contributed by atoms with Gasteiger partial charge in [0, 0.05) is 11.7 Å². The van der Waals surface area contributed by atoms with E-state index in [1.807, 2.05) is 31.2 Å². The molecular formula is C21H24N4O4. The van der Waals surface area contributed by atoms with Gasteiger partial charge < -0.3 is 15.4 Å². The molecule has 29 heavy (non-hydrogen) atoms. The van der Waals surface area contributed by atoms with E-state index in [-0.39, 0.29) is 18.6 Å². The minimum absolute atomic E-state index is 0.123. The van der Waals surface area contributed by atoms with Crippen LogP contribution >= 0.6 is 0 Å². The largest absolute Gasteiger partial charge is 0.484 e. The van der Waals surface area contributed by atoms with Crippen molar-refractivity contribution < 1.29 is 19.1 Å². The fraction of sp³-hybridized carbons (Fsp3) is 0.238. The first-order chi connectivity index (χ1) is 13.8. The molecule has 0 aliphatic carbocycles. The highest BCUT2D eigenvalue weighted by Gasteiger charge is 2.12. The number of carbonyl (C=O) groups excluding carboxylic acids is 3. The van der Waals surface area contributed by atoms with Crippen LogP contribution in [0, 0.1) is 6.92 Å². The number of anilines is 1. The number of carbonyl (C=O) groups is 3. The Balaban J connectivity index is 1.78. The molecule has 0 aromatic heterocycles. The third-order valence-corrected chi connectivity index (χ3v) is 3.56. The summed E-state index contributed by atoms with van der Waals surface area (Å²) in [4.78, 5) is 34.9. The van der Waals surface area contributed by atoms with Crippen LogP contribution in [0.3, 0.4) is 0 Å². The first-order valence-corrected chi connectivity index (χ1v) is 9.07. The lowest BCUT2D eigenvalue weighted by Crippen LogP contribution is -2.41. The number of benzene rings is 2. The number of hydrogen-bond donors (Lipinski definition) is 3. The van der Waals surface area contributed by atoms with Gasteiger partial charge in [-0.05, 0) is 68.3 Å². The zero-order valence-electron chi connectivity index (χ0n) is 16.6. The van der Waals surface area contributed by atoms with E-state index in [0.29, 0.717) is 17.0 Å². The smallest absolute Gasteiger partial charge is 0.329 e. The van der Waals surface area contributed by atoms with Gasteiger partial charge in [0.15, 0.2) is 6.61 Å². The van der Waals surface area contributed by atoms with E-state index in [1.54, 1.807) is 38.1 Å². The number of nitrogens with zero attached hydrogens (tertiary/aromatic N) is 1. The minimum atomic E-state index is -0.838. The Hall–Kier alpha value is -3.68. The van der Waals surface area contributed by atoms with Crippen molar-refractivity contribution in [3.8, 4) is 5.75 Å². The Labute approximate surface area is 169 Å². The Morgan fingerprint density at radius 3 is 2.45 bits per heavy atom. The molecule has 0 saturated heterocycles. The van der Waals surface area contributed by atoms with Crippen LogP contribution in [0.5, 0.6) is 5.75 Å². The van der Waals surface area contributed by atoms with E-state index < -0.39 is 11.8 Å². The topological polar surface area (TPSA) is 109 Å². The van der Waals surface area contributed by atoms with Gasteiger partial charge in [0.1, 0.15) is 5.75 Å². The van der Waals surface area contributed by atoms with E-state index >= 15 is 0 Å². The summed E-state index contributed by atoms with van der Waals surface area (Å²) in [5.41, 5.74) is 4.61. The number of nitrogens with one attached hydrogen (secondary N) is 3. The molecule has 0 aliphatic heterocycles. The summed E-state index contributed by atoms with van der Waals surface area (Å²) in [6.07, 6.45) is 1.40. The molecule has 0 saturated carbocycles. The lowest BCUT2D eigenvalue weighted by Gasteiger charge is -2.08. The van der Waals surface area contributed by atoms with Crippen LogP contribution in [0.1, 0.15) is 25.0 Å². The van der Waals surface area contributed by atoms with Crippen LogP contribution < -0.4 is 20.8 Å². The molecule has 0 radical (unpaired) electrons. The summed E-state index contributed by atoms with van der Waals surface area (Å²) in [6, 6.07) is 14.1. The Morgan fingerprint density at radius 1 is 1.07 bits per heavy atom. The van der Waals surface area contributed by atoms with Crippen molar-refractivity contribution >= 4 is 29.6 Å². The van der Waals surface area contributed by atoms with Crippen molar-refractivity contribution in [2.24, 2.45) is 5.10 Å². The number of hydrogen-bond acceptors (Lipinski definition) is 5. The maximum absolute atomic E-state index is 12.0. The van der Waals surface area contributed by atoms with E-state index in [4.69, 9.17) is 4.74 Å². The minimum Gasteiger partial charge on any atom is -0.484 e. The molecule has 0 heterocycles. The lowest BCUT2D eigenvalue weighted by molar-refractivity contribution is -0.139. The third-order valence-electron chi connectivity index (χ3n) is 3.56. The van der Waals surface area contributed by atoms with E-state index in [9.17, 15) is 14.4 Å². The molecule has 152 valence electrons. The molecule has 0 atom stereocenters. The number of aryl methyl sites for hydroxylation is 1. The number of ether oxygens (including phenoxy) is 1. The fourth-order valence-electron chi connectivity index (χ4n) is 2.26. The SMILES string of the molecule is Cc1cccc(NC(=O)COc2ccc(/C=N\NC(=O)C(=O)NC(C)C)cc2)c1. The van der Waals surface area contributed by atoms with Crippen molar-refractivity contribution in [1.29, 1.82) is 0 Å². The van der Waals surface area contributed by atoms with E-state index in [0.717, 1.165) is 5.56 Å². The van der Waals surface area contributed by atoms with Crippen molar-refractivity contribution in [3.63, 3.8) is 0 Å². The van der Waals surface area contributed by atoms with Gasteiger partial charge in [0.25, 0.3) is 5.91 Å². The predicted molar refractivity (Wildman–Crippen MR) is 111 cm³/mol. The summed E-state index contributed by atoms with van der Waals surface area (Å²) in [6.45, 7) is 5.33. The first-order valence-electron chi connectivity index (χ1n) is 9.07. The number of amides is 3. The van der Waals surface area contributed by atoms with Gasteiger partial charge in [-0.3, -0.25) is 14.4 Å². The van der Waals surface area contributed by atoms with Gasteiger partial charge in [0.2, 0.25) is 0 Å². The van der Waals surface area contributed by atoms with E-state index in [2.05, 4.69) is 21.2 Å². The highest BCUT2D eigenvalue weighted by Crippen LogP contribution is 2.12. The number of hydrazone groups is 1. The Morgan fingerprint density at radius 2 is 1.79 bits per heavy atom. The van der Waals surface area contributed by atoms with Crippen LogP contribution in [-0.2, 0) is 14.4 Å². The third kappa shape index (κ3) is 7.84. The molecule has 0 unspecified atom stereocenters. The van der Waals surface area contributed by atoms with Crippen molar-refractivity contribution in [3.05, 3.63) is 59.7 Å². The summed E-state index contributed by atoms with van der Waals surface area (Å²) < 4.78 is 5.46. The zero-order valence-corrected chi connectivity index (χ0v) is 16.6. The second-order valence-corrected chi connectivity index (χ2v) is 6.60. The molecule has 2 aromatic carbocycles. The average molecular weight is 396 g/mol. The molecule has 2 rings (SSSR count). The standard InChI is InChI=1S/C21H24N4O4/c1-14(2)23-20(27)21(28)25-22-12-16-7-9-18(10-8-16)29-13-19(26)24-17-6-4-5-15(3)11-17/h4-12,14H,13H2,1-3H3,(H,23,27)(H,24,26)(H,25,28)/b22-12-. The quantitative estimate of drug-likeness (QED) is 0.378. The zero-order chi connectivity index (χ0) is 21.2. The Kier molecular flexibility index (Phi) is 7.90. The molecule has 0 bridgehead atoms. The molecular weight excluding hydrogens is 372 g/mol. The van der Waals surface area contributed by atoms with Crippen LogP contribution in [0.15, 0.2) is 53.6 Å². The monoisotopic (exact) mass is 396 g/mol. The van der Waals surface area contributed by atoms with Crippen molar-refractivity contribution in [1.82, 2.24) is 10.7 Å². The van der Waals surface area contributed by atoms with Crippen LogP contribution in [0.2, 0.25) is 0 Å². The molecule has 8 nitrogen and oxygen atoms in total. The van der Waals surface area contributed by atoms with Gasteiger partial charge in [-0.2, -0.15) is 5.10 Å².